The highest BCUT2D eigenvalue weighted by molar-refractivity contribution is 7.94. The zero-order valence-electron chi connectivity index (χ0n) is 9.79. The van der Waals surface area contributed by atoms with Crippen LogP contribution in [0.4, 0.5) is 5.82 Å². The van der Waals surface area contributed by atoms with Crippen molar-refractivity contribution in [3.63, 3.8) is 0 Å². The van der Waals surface area contributed by atoms with Gasteiger partial charge < -0.3 is 5.32 Å². The second-order valence-electron chi connectivity index (χ2n) is 4.39. The summed E-state index contributed by atoms with van der Waals surface area (Å²) in [6.07, 6.45) is 3.14. The van der Waals surface area contributed by atoms with E-state index in [1.807, 2.05) is 19.9 Å². The summed E-state index contributed by atoms with van der Waals surface area (Å²) in [5.41, 5.74) is 0.937. The molecule has 17 heavy (non-hydrogen) atoms. The van der Waals surface area contributed by atoms with Gasteiger partial charge in [0.2, 0.25) is 0 Å². The average molecular weight is 253 g/mol. The van der Waals surface area contributed by atoms with E-state index in [1.54, 1.807) is 6.08 Å². The Morgan fingerprint density at radius 2 is 2.18 bits per heavy atom. The van der Waals surface area contributed by atoms with Crippen LogP contribution in [0.25, 0.3) is 0 Å². The Morgan fingerprint density at radius 3 is 2.76 bits per heavy atom. The molecule has 1 aliphatic heterocycles. The van der Waals surface area contributed by atoms with Gasteiger partial charge in [-0.15, -0.1) is 0 Å². The third-order valence-corrected chi connectivity index (χ3v) is 3.94. The summed E-state index contributed by atoms with van der Waals surface area (Å²) < 4.78 is 22.5. The largest absolute Gasteiger partial charge is 0.363 e. The monoisotopic (exact) mass is 253 g/mol. The van der Waals surface area contributed by atoms with Gasteiger partial charge in [0.25, 0.3) is 0 Å². The van der Waals surface area contributed by atoms with Crippen LogP contribution in [-0.4, -0.2) is 30.2 Å². The van der Waals surface area contributed by atoms with Crippen molar-refractivity contribution in [3.8, 4) is 0 Å². The van der Waals surface area contributed by atoms with Crippen LogP contribution >= 0.6 is 0 Å². The second kappa shape index (κ2) is 4.44. The molecule has 1 aromatic rings. The van der Waals surface area contributed by atoms with E-state index < -0.39 is 9.84 Å². The summed E-state index contributed by atoms with van der Waals surface area (Å²) in [6.45, 7) is 4.10. The Balaban J connectivity index is 2.10. The molecule has 1 unspecified atom stereocenters. The summed E-state index contributed by atoms with van der Waals surface area (Å²) >= 11 is 0. The van der Waals surface area contributed by atoms with Gasteiger partial charge in [0.1, 0.15) is 12.1 Å². The van der Waals surface area contributed by atoms with Gasteiger partial charge in [0, 0.05) is 17.2 Å². The molecule has 2 rings (SSSR count). The quantitative estimate of drug-likeness (QED) is 0.879. The molecule has 1 aromatic heterocycles. The topological polar surface area (TPSA) is 72.0 Å². The van der Waals surface area contributed by atoms with Gasteiger partial charge >= 0.3 is 0 Å². The van der Waals surface area contributed by atoms with E-state index in [0.717, 1.165) is 5.69 Å². The molecular formula is C11H15N3O2S. The van der Waals surface area contributed by atoms with E-state index in [9.17, 15) is 8.42 Å². The zero-order valence-corrected chi connectivity index (χ0v) is 10.6. The summed E-state index contributed by atoms with van der Waals surface area (Å²) in [7, 11) is -3.03. The van der Waals surface area contributed by atoms with Gasteiger partial charge in [-0.05, 0) is 12.0 Å². The number of rotatable bonds is 3. The van der Waals surface area contributed by atoms with Crippen LogP contribution < -0.4 is 5.32 Å². The van der Waals surface area contributed by atoms with Crippen LogP contribution in [0.15, 0.2) is 23.9 Å². The molecule has 1 N–H and O–H groups in total. The molecule has 0 aromatic carbocycles. The van der Waals surface area contributed by atoms with Gasteiger partial charge in [0.15, 0.2) is 9.84 Å². The Bertz CT molecular complexity index is 537. The summed E-state index contributed by atoms with van der Waals surface area (Å²) in [5, 5.41) is 4.32. The number of hydrogen-bond donors (Lipinski definition) is 1. The molecule has 1 aliphatic rings. The molecule has 1 atom stereocenters. The van der Waals surface area contributed by atoms with Crippen molar-refractivity contribution in [3.05, 3.63) is 29.6 Å². The Kier molecular flexibility index (Phi) is 3.15. The highest BCUT2D eigenvalue weighted by Crippen LogP contribution is 2.16. The number of nitrogens with one attached hydrogen (secondary N) is 1. The fourth-order valence-corrected chi connectivity index (χ4v) is 2.86. The highest BCUT2D eigenvalue weighted by atomic mass is 32.2. The Hall–Kier alpha value is -1.43. The van der Waals surface area contributed by atoms with Gasteiger partial charge in [-0.2, -0.15) is 0 Å². The van der Waals surface area contributed by atoms with Gasteiger partial charge in [-0.25, -0.2) is 18.4 Å². The van der Waals surface area contributed by atoms with Crippen molar-refractivity contribution in [2.45, 2.75) is 25.8 Å². The third kappa shape index (κ3) is 3.03. The van der Waals surface area contributed by atoms with Crippen molar-refractivity contribution in [1.29, 1.82) is 0 Å². The van der Waals surface area contributed by atoms with Gasteiger partial charge in [-0.3, -0.25) is 0 Å². The Morgan fingerprint density at radius 1 is 1.41 bits per heavy atom. The maximum absolute atomic E-state index is 11.2. The highest BCUT2D eigenvalue weighted by Gasteiger charge is 2.21. The number of sulfone groups is 1. The SMILES string of the molecule is CC(C)c1cc(NC2C=CS(=O)(=O)C2)ncn1. The van der Waals surface area contributed by atoms with Crippen LogP contribution in [-0.2, 0) is 9.84 Å². The first-order chi connectivity index (χ1) is 7.96. The first kappa shape index (κ1) is 12.0. The lowest BCUT2D eigenvalue weighted by Gasteiger charge is -2.12. The summed E-state index contributed by atoms with van der Waals surface area (Å²) in [4.78, 5) is 8.24. The van der Waals surface area contributed by atoms with Gasteiger partial charge in [0.05, 0.1) is 11.8 Å². The van der Waals surface area contributed by atoms with Crippen molar-refractivity contribution in [1.82, 2.24) is 9.97 Å². The smallest absolute Gasteiger partial charge is 0.173 e. The molecule has 0 amide bonds. The summed E-state index contributed by atoms with van der Waals surface area (Å²) in [5.74, 6) is 1.07. The minimum absolute atomic E-state index is 0.0913. The molecule has 2 heterocycles. The number of hydrogen-bond acceptors (Lipinski definition) is 5. The molecule has 92 valence electrons. The predicted molar refractivity (Wildman–Crippen MR) is 66.5 cm³/mol. The fraction of sp³-hybridized carbons (Fsp3) is 0.455. The van der Waals surface area contributed by atoms with Crippen LogP contribution in [0.1, 0.15) is 25.5 Å². The molecular weight excluding hydrogens is 238 g/mol. The minimum Gasteiger partial charge on any atom is -0.363 e. The lowest BCUT2D eigenvalue weighted by Crippen LogP contribution is -2.21. The fourth-order valence-electron chi connectivity index (χ4n) is 1.62. The van der Waals surface area contributed by atoms with Crippen LogP contribution in [0.2, 0.25) is 0 Å². The van der Waals surface area contributed by atoms with Crippen molar-refractivity contribution in [2.75, 3.05) is 11.1 Å². The standard InChI is InChI=1S/C11H15N3O2S/c1-8(2)10-5-11(13-7-12-10)14-9-3-4-17(15,16)6-9/h3-5,7-9H,6H2,1-2H3,(H,12,13,14). The van der Waals surface area contributed by atoms with E-state index >= 15 is 0 Å². The van der Waals surface area contributed by atoms with Gasteiger partial charge in [-0.1, -0.05) is 13.8 Å². The molecule has 0 spiro atoms. The molecule has 0 fully saturated rings. The third-order valence-electron chi connectivity index (χ3n) is 2.54. The second-order valence-corrected chi connectivity index (χ2v) is 6.32. The van der Waals surface area contributed by atoms with Crippen LogP contribution in [0, 0.1) is 0 Å². The van der Waals surface area contributed by atoms with Crippen molar-refractivity contribution < 1.29 is 8.42 Å². The zero-order chi connectivity index (χ0) is 12.5. The molecule has 5 nitrogen and oxygen atoms in total. The lowest BCUT2D eigenvalue weighted by molar-refractivity contribution is 0.605. The molecule has 0 bridgehead atoms. The van der Waals surface area contributed by atoms with E-state index in [-0.39, 0.29) is 11.8 Å². The molecule has 0 radical (unpaired) electrons. The van der Waals surface area contributed by atoms with Crippen molar-refractivity contribution in [2.24, 2.45) is 0 Å². The maximum atomic E-state index is 11.2. The molecule has 0 saturated heterocycles. The predicted octanol–water partition coefficient (Wildman–Crippen LogP) is 1.32. The number of anilines is 1. The molecule has 0 aliphatic carbocycles. The lowest BCUT2D eigenvalue weighted by atomic mass is 10.1. The van der Waals surface area contributed by atoms with E-state index in [4.69, 9.17) is 0 Å². The van der Waals surface area contributed by atoms with E-state index in [0.29, 0.717) is 11.7 Å². The maximum Gasteiger partial charge on any atom is 0.173 e. The number of aromatic nitrogens is 2. The van der Waals surface area contributed by atoms with E-state index in [2.05, 4.69) is 15.3 Å². The van der Waals surface area contributed by atoms with E-state index in [1.165, 1.54) is 11.7 Å². The van der Waals surface area contributed by atoms with Crippen molar-refractivity contribution >= 4 is 15.7 Å². The minimum atomic E-state index is -3.03. The Labute approximate surface area is 101 Å². The molecule has 0 saturated carbocycles. The first-order valence-electron chi connectivity index (χ1n) is 5.46. The average Bonchev–Trinajstić information content (AvgIpc) is 2.58. The van der Waals surface area contributed by atoms with Crippen LogP contribution in [0.5, 0.6) is 0 Å². The normalized spacial score (nSPS) is 21.9. The van der Waals surface area contributed by atoms with Crippen LogP contribution in [0.3, 0.4) is 0 Å². The first-order valence-corrected chi connectivity index (χ1v) is 7.17. The molecule has 6 heteroatoms. The number of nitrogens with zero attached hydrogens (tertiary/aromatic N) is 2. The summed E-state index contributed by atoms with van der Waals surface area (Å²) in [6, 6.07) is 1.65.